The van der Waals surface area contributed by atoms with Gasteiger partial charge in [0.2, 0.25) is 5.91 Å². The molecule has 0 aromatic heterocycles. The maximum atomic E-state index is 12.1. The Bertz CT molecular complexity index is 512. The second-order valence-corrected chi connectivity index (χ2v) is 5.30. The molecule has 5 nitrogen and oxygen atoms in total. The zero-order valence-electron chi connectivity index (χ0n) is 13.2. The molecular formula is C16H24N2O3. The van der Waals surface area contributed by atoms with Crippen LogP contribution in [0.1, 0.15) is 26.3 Å². The smallest absolute Gasteiger partial charge is 0.238 e. The van der Waals surface area contributed by atoms with Crippen LogP contribution in [0.15, 0.2) is 12.1 Å². The number of likely N-dealkylation sites (N-methyl/N-ethyl adjacent to an activating group) is 1. The van der Waals surface area contributed by atoms with Crippen molar-refractivity contribution in [2.75, 3.05) is 32.1 Å². The number of ether oxygens (including phenoxy) is 2. The second-order valence-electron chi connectivity index (χ2n) is 5.30. The Labute approximate surface area is 126 Å². The molecule has 2 rings (SSSR count). The fraction of sp³-hybridized carbons (Fsp3) is 0.562. The molecule has 0 saturated carbocycles. The average Bonchev–Trinajstić information content (AvgIpc) is 2.82. The molecule has 116 valence electrons. The third-order valence-electron chi connectivity index (χ3n) is 3.75. The van der Waals surface area contributed by atoms with Crippen molar-refractivity contribution in [3.63, 3.8) is 0 Å². The molecule has 1 atom stereocenters. The van der Waals surface area contributed by atoms with Gasteiger partial charge in [0.15, 0.2) is 0 Å². The van der Waals surface area contributed by atoms with Crippen LogP contribution in [-0.4, -0.2) is 43.7 Å². The summed E-state index contributed by atoms with van der Waals surface area (Å²) in [5.74, 6) is 1.48. The first-order chi connectivity index (χ1) is 10.1. The lowest BCUT2D eigenvalue weighted by Gasteiger charge is -2.18. The molecule has 0 radical (unpaired) electrons. The largest absolute Gasteiger partial charge is 0.495 e. The number of hydrogen-bond donors (Lipinski definition) is 1. The van der Waals surface area contributed by atoms with E-state index in [1.165, 1.54) is 0 Å². The number of benzene rings is 1. The molecule has 5 heteroatoms. The number of nitrogens with one attached hydrogen (secondary N) is 1. The van der Waals surface area contributed by atoms with Gasteiger partial charge in [-0.1, -0.05) is 13.8 Å². The van der Waals surface area contributed by atoms with E-state index in [2.05, 4.69) is 10.2 Å². The summed E-state index contributed by atoms with van der Waals surface area (Å²) < 4.78 is 11.1. The maximum absolute atomic E-state index is 12.1. The molecule has 0 spiro atoms. The van der Waals surface area contributed by atoms with Crippen molar-refractivity contribution < 1.29 is 14.3 Å². The Morgan fingerprint density at radius 1 is 1.43 bits per heavy atom. The lowest BCUT2D eigenvalue weighted by atomic mass is 10.1. The average molecular weight is 292 g/mol. The zero-order valence-corrected chi connectivity index (χ0v) is 13.2. The quantitative estimate of drug-likeness (QED) is 0.874. The number of methoxy groups -OCH3 is 1. The van der Waals surface area contributed by atoms with Crippen molar-refractivity contribution >= 4 is 11.6 Å². The Balaban J connectivity index is 2.13. The van der Waals surface area contributed by atoms with Gasteiger partial charge in [-0.25, -0.2) is 0 Å². The van der Waals surface area contributed by atoms with Crippen molar-refractivity contribution in [3.05, 3.63) is 17.7 Å². The second kappa shape index (κ2) is 6.80. The van der Waals surface area contributed by atoms with Crippen LogP contribution in [0.5, 0.6) is 11.5 Å². The van der Waals surface area contributed by atoms with Gasteiger partial charge in [-0.2, -0.15) is 0 Å². The first kappa shape index (κ1) is 15.6. The van der Waals surface area contributed by atoms with E-state index in [4.69, 9.17) is 9.47 Å². The van der Waals surface area contributed by atoms with Gasteiger partial charge in [-0.05, 0) is 26.1 Å². The number of rotatable bonds is 6. The highest BCUT2D eigenvalue weighted by molar-refractivity contribution is 5.94. The van der Waals surface area contributed by atoms with E-state index in [9.17, 15) is 4.79 Å². The number of carbonyl (C=O) groups is 1. The highest BCUT2D eigenvalue weighted by Gasteiger charge is 2.22. The summed E-state index contributed by atoms with van der Waals surface area (Å²) in [4.78, 5) is 14.2. The minimum absolute atomic E-state index is 0.0389. The molecule has 0 fully saturated rings. The summed E-state index contributed by atoms with van der Waals surface area (Å²) in [5.41, 5.74) is 1.79. The van der Waals surface area contributed by atoms with Gasteiger partial charge in [0.1, 0.15) is 17.6 Å². The van der Waals surface area contributed by atoms with Crippen LogP contribution in [0.25, 0.3) is 0 Å². The predicted molar refractivity (Wildman–Crippen MR) is 83.2 cm³/mol. The summed E-state index contributed by atoms with van der Waals surface area (Å²) >= 11 is 0. The third kappa shape index (κ3) is 3.67. The summed E-state index contributed by atoms with van der Waals surface area (Å²) in [6.07, 6.45) is 1.05. The standard InChI is InChI=1S/C16H24N2O3/c1-5-18(6-2)10-16(19)17-13-9-14-12(7-11(3)21-14)8-15(13)20-4/h8-9,11H,5-7,10H2,1-4H3,(H,17,19)/t11-/m1/s1. The molecule has 1 aliphatic heterocycles. The molecule has 1 aliphatic rings. The minimum Gasteiger partial charge on any atom is -0.495 e. The van der Waals surface area contributed by atoms with E-state index in [0.717, 1.165) is 30.8 Å². The van der Waals surface area contributed by atoms with Gasteiger partial charge in [-0.15, -0.1) is 0 Å². The van der Waals surface area contributed by atoms with E-state index >= 15 is 0 Å². The molecule has 0 bridgehead atoms. The van der Waals surface area contributed by atoms with Gasteiger partial charge in [-0.3, -0.25) is 9.69 Å². The zero-order chi connectivity index (χ0) is 15.4. The molecule has 0 aliphatic carbocycles. The molecule has 1 aromatic carbocycles. The normalized spacial score (nSPS) is 16.5. The summed E-state index contributed by atoms with van der Waals surface area (Å²) in [6, 6.07) is 3.81. The molecule has 0 saturated heterocycles. The van der Waals surface area contributed by atoms with Crippen molar-refractivity contribution in [2.45, 2.75) is 33.3 Å². The third-order valence-corrected chi connectivity index (χ3v) is 3.75. The lowest BCUT2D eigenvalue weighted by molar-refractivity contribution is -0.117. The number of fused-ring (bicyclic) bond motifs is 1. The Morgan fingerprint density at radius 2 is 2.14 bits per heavy atom. The molecule has 1 aromatic rings. The van der Waals surface area contributed by atoms with Crippen LogP contribution in [0.2, 0.25) is 0 Å². The van der Waals surface area contributed by atoms with Crippen LogP contribution >= 0.6 is 0 Å². The number of amides is 1. The number of carbonyl (C=O) groups excluding carboxylic acids is 1. The maximum Gasteiger partial charge on any atom is 0.238 e. The Hall–Kier alpha value is -1.75. The van der Waals surface area contributed by atoms with Crippen LogP contribution < -0.4 is 14.8 Å². The van der Waals surface area contributed by atoms with Crippen molar-refractivity contribution in [1.29, 1.82) is 0 Å². The van der Waals surface area contributed by atoms with E-state index in [0.29, 0.717) is 18.0 Å². The molecule has 0 unspecified atom stereocenters. The highest BCUT2D eigenvalue weighted by atomic mass is 16.5. The Kier molecular flexibility index (Phi) is 5.07. The monoisotopic (exact) mass is 292 g/mol. The van der Waals surface area contributed by atoms with Gasteiger partial charge >= 0.3 is 0 Å². The summed E-state index contributed by atoms with van der Waals surface area (Å²) in [6.45, 7) is 8.21. The van der Waals surface area contributed by atoms with E-state index < -0.39 is 0 Å². The van der Waals surface area contributed by atoms with Crippen LogP contribution in [0.4, 0.5) is 5.69 Å². The van der Waals surface area contributed by atoms with Gasteiger partial charge in [0.25, 0.3) is 0 Å². The van der Waals surface area contributed by atoms with Gasteiger partial charge in [0.05, 0.1) is 19.3 Å². The fourth-order valence-electron chi connectivity index (χ4n) is 2.55. The molecule has 1 heterocycles. The fourth-order valence-corrected chi connectivity index (χ4v) is 2.55. The molecule has 21 heavy (non-hydrogen) atoms. The van der Waals surface area contributed by atoms with Crippen molar-refractivity contribution in [2.24, 2.45) is 0 Å². The number of nitrogens with zero attached hydrogens (tertiary/aromatic N) is 1. The summed E-state index contributed by atoms with van der Waals surface area (Å²) in [7, 11) is 1.61. The molecule has 1 amide bonds. The van der Waals surface area contributed by atoms with E-state index in [-0.39, 0.29) is 12.0 Å². The van der Waals surface area contributed by atoms with E-state index in [1.54, 1.807) is 7.11 Å². The van der Waals surface area contributed by atoms with Gasteiger partial charge < -0.3 is 14.8 Å². The SMILES string of the molecule is CCN(CC)CC(=O)Nc1cc2c(cc1OC)C[C@@H](C)O2. The van der Waals surface area contributed by atoms with Crippen LogP contribution in [0.3, 0.4) is 0 Å². The lowest BCUT2D eigenvalue weighted by Crippen LogP contribution is -2.33. The van der Waals surface area contributed by atoms with Crippen molar-refractivity contribution in [1.82, 2.24) is 4.90 Å². The van der Waals surface area contributed by atoms with Crippen LogP contribution in [0, 0.1) is 0 Å². The highest BCUT2D eigenvalue weighted by Crippen LogP contribution is 2.37. The molecule has 1 N–H and O–H groups in total. The van der Waals surface area contributed by atoms with Gasteiger partial charge in [0, 0.05) is 18.1 Å². The number of anilines is 1. The molecular weight excluding hydrogens is 268 g/mol. The van der Waals surface area contributed by atoms with Crippen molar-refractivity contribution in [3.8, 4) is 11.5 Å². The first-order valence-electron chi connectivity index (χ1n) is 7.47. The summed E-state index contributed by atoms with van der Waals surface area (Å²) in [5, 5.41) is 2.92. The minimum atomic E-state index is -0.0389. The van der Waals surface area contributed by atoms with Crippen LogP contribution in [-0.2, 0) is 11.2 Å². The van der Waals surface area contributed by atoms with E-state index in [1.807, 2.05) is 32.9 Å². The first-order valence-corrected chi connectivity index (χ1v) is 7.47. The topological polar surface area (TPSA) is 50.8 Å². The Morgan fingerprint density at radius 3 is 2.76 bits per heavy atom. The number of hydrogen-bond acceptors (Lipinski definition) is 4. The predicted octanol–water partition coefficient (Wildman–Crippen LogP) is 2.30.